The lowest BCUT2D eigenvalue weighted by molar-refractivity contribution is -0.136. The highest BCUT2D eigenvalue weighted by molar-refractivity contribution is 5.92. The SMILES string of the molecule is C[C@H](NC(=O)COC(C)(C)C)C(=O)C(C)(C)C. The van der Waals surface area contributed by atoms with E-state index in [1.807, 2.05) is 41.5 Å². The summed E-state index contributed by atoms with van der Waals surface area (Å²) in [5.74, 6) is -0.244. The van der Waals surface area contributed by atoms with E-state index in [0.29, 0.717) is 0 Å². The van der Waals surface area contributed by atoms with Gasteiger partial charge in [0, 0.05) is 5.41 Å². The highest BCUT2D eigenvalue weighted by atomic mass is 16.5. The molecule has 0 aromatic rings. The standard InChI is InChI=1S/C13H25NO3/c1-9(11(16)12(2,3)4)14-10(15)8-17-13(5,6)7/h9H,8H2,1-7H3,(H,14,15)/t9-/m0/s1. The zero-order valence-electron chi connectivity index (χ0n) is 12.0. The van der Waals surface area contributed by atoms with E-state index in [0.717, 1.165) is 0 Å². The second-order valence-corrected chi connectivity index (χ2v) is 6.30. The molecule has 0 bridgehead atoms. The number of hydrogen-bond donors (Lipinski definition) is 1. The summed E-state index contributed by atoms with van der Waals surface area (Å²) in [7, 11) is 0. The summed E-state index contributed by atoms with van der Waals surface area (Å²) in [4.78, 5) is 23.4. The van der Waals surface area contributed by atoms with Gasteiger partial charge in [-0.3, -0.25) is 9.59 Å². The van der Waals surface area contributed by atoms with Crippen LogP contribution in [0.4, 0.5) is 0 Å². The minimum Gasteiger partial charge on any atom is -0.366 e. The Morgan fingerprint density at radius 2 is 1.59 bits per heavy atom. The third-order valence-electron chi connectivity index (χ3n) is 2.15. The predicted octanol–water partition coefficient (Wildman–Crippen LogP) is 1.92. The Hall–Kier alpha value is -0.900. The van der Waals surface area contributed by atoms with Gasteiger partial charge in [-0.05, 0) is 27.7 Å². The molecule has 4 nitrogen and oxygen atoms in total. The van der Waals surface area contributed by atoms with Gasteiger partial charge < -0.3 is 10.1 Å². The number of hydrogen-bond acceptors (Lipinski definition) is 3. The molecule has 0 aromatic heterocycles. The smallest absolute Gasteiger partial charge is 0.246 e. The van der Waals surface area contributed by atoms with E-state index in [2.05, 4.69) is 5.32 Å². The molecule has 0 heterocycles. The van der Waals surface area contributed by atoms with Gasteiger partial charge >= 0.3 is 0 Å². The molecule has 0 spiro atoms. The minimum atomic E-state index is -0.480. The maximum atomic E-state index is 11.8. The fourth-order valence-electron chi connectivity index (χ4n) is 1.28. The van der Waals surface area contributed by atoms with Crippen LogP contribution in [0.2, 0.25) is 0 Å². The van der Waals surface area contributed by atoms with Crippen LogP contribution >= 0.6 is 0 Å². The van der Waals surface area contributed by atoms with Crippen molar-refractivity contribution in [3.05, 3.63) is 0 Å². The molecule has 1 amide bonds. The fourth-order valence-corrected chi connectivity index (χ4v) is 1.28. The number of carbonyl (C=O) groups excluding carboxylic acids is 2. The van der Waals surface area contributed by atoms with Crippen molar-refractivity contribution >= 4 is 11.7 Å². The number of ether oxygens (including phenoxy) is 1. The van der Waals surface area contributed by atoms with Gasteiger partial charge in [-0.1, -0.05) is 20.8 Å². The third kappa shape index (κ3) is 7.10. The van der Waals surface area contributed by atoms with Crippen molar-refractivity contribution < 1.29 is 14.3 Å². The Kier molecular flexibility index (Phi) is 5.33. The van der Waals surface area contributed by atoms with Crippen molar-refractivity contribution in [2.75, 3.05) is 6.61 Å². The highest BCUT2D eigenvalue weighted by Crippen LogP contribution is 2.16. The lowest BCUT2D eigenvalue weighted by Crippen LogP contribution is -2.45. The van der Waals surface area contributed by atoms with Crippen molar-refractivity contribution in [3.8, 4) is 0 Å². The molecule has 0 aliphatic heterocycles. The summed E-state index contributed by atoms with van der Waals surface area (Å²) in [5, 5.41) is 2.65. The molecule has 100 valence electrons. The third-order valence-corrected chi connectivity index (χ3v) is 2.15. The second kappa shape index (κ2) is 5.63. The molecule has 0 saturated carbocycles. The molecule has 0 aromatic carbocycles. The maximum Gasteiger partial charge on any atom is 0.246 e. The number of Topliss-reactive ketones (excluding diaryl/α,β-unsaturated/α-hetero) is 1. The normalized spacial score (nSPS) is 14.3. The highest BCUT2D eigenvalue weighted by Gasteiger charge is 2.27. The lowest BCUT2D eigenvalue weighted by Gasteiger charge is -2.24. The van der Waals surface area contributed by atoms with Gasteiger partial charge in [-0.25, -0.2) is 0 Å². The van der Waals surface area contributed by atoms with Crippen molar-refractivity contribution in [2.24, 2.45) is 5.41 Å². The van der Waals surface area contributed by atoms with Crippen molar-refractivity contribution in [1.29, 1.82) is 0 Å². The number of amides is 1. The first-order valence-electron chi connectivity index (χ1n) is 5.91. The quantitative estimate of drug-likeness (QED) is 0.820. The Balaban J connectivity index is 4.18. The first kappa shape index (κ1) is 16.1. The van der Waals surface area contributed by atoms with Crippen molar-refractivity contribution in [2.45, 2.75) is 60.1 Å². The molecule has 1 atom stereocenters. The van der Waals surface area contributed by atoms with Crippen LogP contribution in [0.3, 0.4) is 0 Å². The van der Waals surface area contributed by atoms with E-state index in [1.54, 1.807) is 6.92 Å². The monoisotopic (exact) mass is 243 g/mol. The summed E-state index contributed by atoms with van der Waals surface area (Å²) < 4.78 is 5.33. The number of rotatable bonds is 4. The molecule has 0 saturated heterocycles. The number of ketones is 1. The predicted molar refractivity (Wildman–Crippen MR) is 67.8 cm³/mol. The van der Waals surface area contributed by atoms with E-state index >= 15 is 0 Å². The largest absolute Gasteiger partial charge is 0.366 e. The summed E-state index contributed by atoms with van der Waals surface area (Å²) in [6, 6.07) is -0.480. The summed E-state index contributed by atoms with van der Waals surface area (Å²) in [5.41, 5.74) is -0.799. The van der Waals surface area contributed by atoms with Crippen LogP contribution < -0.4 is 5.32 Å². The van der Waals surface area contributed by atoms with Gasteiger partial charge in [0.15, 0.2) is 5.78 Å². The number of carbonyl (C=O) groups is 2. The lowest BCUT2D eigenvalue weighted by atomic mass is 9.87. The van der Waals surface area contributed by atoms with Gasteiger partial charge in [0.25, 0.3) is 0 Å². The van der Waals surface area contributed by atoms with Gasteiger partial charge in [-0.15, -0.1) is 0 Å². The summed E-state index contributed by atoms with van der Waals surface area (Å²) in [6.07, 6.45) is 0. The summed E-state index contributed by atoms with van der Waals surface area (Å²) in [6.45, 7) is 12.8. The Morgan fingerprint density at radius 3 is 1.94 bits per heavy atom. The molecule has 0 aliphatic rings. The van der Waals surface area contributed by atoms with Crippen LogP contribution in [0.25, 0.3) is 0 Å². The molecule has 0 aliphatic carbocycles. The molecule has 0 rings (SSSR count). The van der Waals surface area contributed by atoms with E-state index in [9.17, 15) is 9.59 Å². The zero-order valence-corrected chi connectivity index (χ0v) is 12.0. The average molecular weight is 243 g/mol. The van der Waals surface area contributed by atoms with E-state index in [-0.39, 0.29) is 23.9 Å². The van der Waals surface area contributed by atoms with Crippen LogP contribution in [0.5, 0.6) is 0 Å². The maximum absolute atomic E-state index is 11.8. The van der Waals surface area contributed by atoms with Crippen LogP contribution in [-0.2, 0) is 14.3 Å². The molecule has 0 radical (unpaired) electrons. The van der Waals surface area contributed by atoms with E-state index in [4.69, 9.17) is 4.74 Å². The van der Waals surface area contributed by atoms with Crippen molar-refractivity contribution in [3.63, 3.8) is 0 Å². The van der Waals surface area contributed by atoms with Gasteiger partial charge in [-0.2, -0.15) is 0 Å². The first-order valence-corrected chi connectivity index (χ1v) is 5.91. The van der Waals surface area contributed by atoms with Crippen LogP contribution in [0, 0.1) is 5.41 Å². The topological polar surface area (TPSA) is 55.4 Å². The zero-order chi connectivity index (χ0) is 13.9. The molecule has 0 unspecified atom stereocenters. The molecular weight excluding hydrogens is 218 g/mol. The molecule has 1 N–H and O–H groups in total. The van der Waals surface area contributed by atoms with Crippen LogP contribution in [0.1, 0.15) is 48.5 Å². The number of nitrogens with one attached hydrogen (secondary N) is 1. The average Bonchev–Trinajstić information content (AvgIpc) is 2.10. The fraction of sp³-hybridized carbons (Fsp3) is 0.846. The van der Waals surface area contributed by atoms with Crippen LogP contribution in [-0.4, -0.2) is 29.9 Å². The van der Waals surface area contributed by atoms with Gasteiger partial charge in [0.1, 0.15) is 6.61 Å². The molecule has 4 heteroatoms. The molecule has 0 fully saturated rings. The van der Waals surface area contributed by atoms with Crippen LogP contribution in [0.15, 0.2) is 0 Å². The summed E-state index contributed by atoms with van der Waals surface area (Å²) >= 11 is 0. The minimum absolute atomic E-state index is 0.0154. The Morgan fingerprint density at radius 1 is 1.12 bits per heavy atom. The Labute approximate surface area is 104 Å². The van der Waals surface area contributed by atoms with E-state index < -0.39 is 11.5 Å². The van der Waals surface area contributed by atoms with Gasteiger partial charge in [0.2, 0.25) is 5.91 Å². The Bertz CT molecular complexity index is 284. The van der Waals surface area contributed by atoms with E-state index in [1.165, 1.54) is 0 Å². The molecular formula is C13H25NO3. The first-order chi connectivity index (χ1) is 7.43. The van der Waals surface area contributed by atoms with Crippen molar-refractivity contribution in [1.82, 2.24) is 5.32 Å². The molecule has 17 heavy (non-hydrogen) atoms. The second-order valence-electron chi connectivity index (χ2n) is 6.30. The van der Waals surface area contributed by atoms with Gasteiger partial charge in [0.05, 0.1) is 11.6 Å².